The van der Waals surface area contributed by atoms with Crippen molar-refractivity contribution in [2.24, 2.45) is 0 Å². The van der Waals surface area contributed by atoms with Crippen LogP contribution in [0.2, 0.25) is 0 Å². The van der Waals surface area contributed by atoms with Gasteiger partial charge in [-0.1, -0.05) is 19.1 Å². The molecule has 0 bridgehead atoms. The zero-order valence-corrected chi connectivity index (χ0v) is 18.8. The third kappa shape index (κ3) is 5.56. The molecule has 0 saturated carbocycles. The Hall–Kier alpha value is -3.14. The summed E-state index contributed by atoms with van der Waals surface area (Å²) < 4.78 is 34.7. The number of nitro benzene ring substituents is 1. The molecule has 10 heteroatoms. The summed E-state index contributed by atoms with van der Waals surface area (Å²) in [5, 5.41) is 11.3. The topological polar surface area (TPSA) is 116 Å². The quantitative estimate of drug-likeness (QED) is 0.415. The molecule has 1 aliphatic rings. The fraction of sp³-hybridized carbons (Fsp3) is 0.409. The first-order valence-electron chi connectivity index (χ1n) is 10.3. The monoisotopic (exact) mass is 462 g/mol. The smallest absolute Gasteiger partial charge is 0.270 e. The third-order valence-electron chi connectivity index (χ3n) is 5.36. The Morgan fingerprint density at radius 3 is 2.50 bits per heavy atom. The number of carbonyl (C=O) groups excluding carboxylic acids is 1. The predicted molar refractivity (Wildman–Crippen MR) is 120 cm³/mol. The number of hydrogen-bond donors (Lipinski definition) is 0. The molecule has 0 radical (unpaired) electrons. The summed E-state index contributed by atoms with van der Waals surface area (Å²) in [6.07, 6.45) is 1.11. The number of rotatable bonds is 9. The average Bonchev–Trinajstić information content (AvgIpc) is 3.14. The molecule has 0 spiro atoms. The average molecular weight is 463 g/mol. The number of ether oxygens (including phenoxy) is 2. The minimum atomic E-state index is -3.13. The number of methoxy groups -OCH3 is 1. The number of carbonyl (C=O) groups is 1. The maximum absolute atomic E-state index is 12.9. The highest BCUT2D eigenvalue weighted by Crippen LogP contribution is 2.34. The van der Waals surface area contributed by atoms with Crippen LogP contribution in [0.5, 0.6) is 11.5 Å². The molecule has 0 aliphatic carbocycles. The fourth-order valence-corrected chi connectivity index (χ4v) is 5.48. The number of nitro groups is 1. The molecule has 9 nitrogen and oxygen atoms in total. The zero-order chi connectivity index (χ0) is 23.3. The van der Waals surface area contributed by atoms with Gasteiger partial charge in [0.15, 0.2) is 16.4 Å². The van der Waals surface area contributed by atoms with Crippen molar-refractivity contribution in [2.75, 3.05) is 31.8 Å². The molecule has 172 valence electrons. The highest BCUT2D eigenvalue weighted by atomic mass is 32.2. The molecule has 32 heavy (non-hydrogen) atoms. The van der Waals surface area contributed by atoms with E-state index in [1.54, 1.807) is 36.3 Å². The Labute approximate surface area is 187 Å². The highest BCUT2D eigenvalue weighted by Gasteiger charge is 2.34. The normalized spacial score (nSPS) is 17.0. The van der Waals surface area contributed by atoms with Crippen molar-refractivity contribution in [3.63, 3.8) is 0 Å². The lowest BCUT2D eigenvalue weighted by molar-refractivity contribution is -0.384. The molecular weight excluding hydrogens is 436 g/mol. The number of sulfone groups is 1. The van der Waals surface area contributed by atoms with Crippen LogP contribution < -0.4 is 9.47 Å². The molecule has 2 aromatic carbocycles. The second kappa shape index (κ2) is 9.99. The SMILES string of the molecule is CCCN(C(=O)COc1ccc([N+](=O)[O-])cc1-c1ccc(OC)cc1)C1CCS(=O)(=O)C1. The van der Waals surface area contributed by atoms with Crippen molar-refractivity contribution in [1.82, 2.24) is 4.90 Å². The highest BCUT2D eigenvalue weighted by molar-refractivity contribution is 7.91. The van der Waals surface area contributed by atoms with Gasteiger partial charge in [-0.3, -0.25) is 14.9 Å². The van der Waals surface area contributed by atoms with E-state index < -0.39 is 14.8 Å². The van der Waals surface area contributed by atoms with Crippen molar-refractivity contribution in [3.05, 3.63) is 52.6 Å². The summed E-state index contributed by atoms with van der Waals surface area (Å²) in [7, 11) is -1.59. The Kier molecular flexibility index (Phi) is 7.34. The molecule has 0 aromatic heterocycles. The number of benzene rings is 2. The molecule has 1 saturated heterocycles. The second-order valence-electron chi connectivity index (χ2n) is 7.60. The van der Waals surface area contributed by atoms with Gasteiger partial charge in [0.1, 0.15) is 11.5 Å². The molecule has 1 heterocycles. The van der Waals surface area contributed by atoms with Gasteiger partial charge in [0, 0.05) is 30.3 Å². The van der Waals surface area contributed by atoms with E-state index in [1.807, 2.05) is 6.92 Å². The second-order valence-corrected chi connectivity index (χ2v) is 9.83. The van der Waals surface area contributed by atoms with Gasteiger partial charge in [0.2, 0.25) is 0 Å². The maximum atomic E-state index is 12.9. The summed E-state index contributed by atoms with van der Waals surface area (Å²) in [6, 6.07) is 10.8. The van der Waals surface area contributed by atoms with E-state index in [4.69, 9.17) is 9.47 Å². The Balaban J connectivity index is 1.82. The summed E-state index contributed by atoms with van der Waals surface area (Å²) in [5.74, 6) is 0.694. The predicted octanol–water partition coefficient (Wildman–Crippen LogP) is 3.07. The molecule has 2 aromatic rings. The molecule has 1 atom stereocenters. The van der Waals surface area contributed by atoms with E-state index in [-0.39, 0.29) is 35.7 Å². The van der Waals surface area contributed by atoms with Crippen LogP contribution in [0.3, 0.4) is 0 Å². The van der Waals surface area contributed by atoms with Gasteiger partial charge in [0.05, 0.1) is 23.5 Å². The first-order valence-corrected chi connectivity index (χ1v) is 12.1. The zero-order valence-electron chi connectivity index (χ0n) is 18.0. The van der Waals surface area contributed by atoms with Crippen LogP contribution in [0.25, 0.3) is 11.1 Å². The summed E-state index contributed by atoms with van der Waals surface area (Å²) >= 11 is 0. The first kappa shape index (κ1) is 23.5. The summed E-state index contributed by atoms with van der Waals surface area (Å²) in [5.41, 5.74) is 1.04. The van der Waals surface area contributed by atoms with Crippen molar-refractivity contribution >= 4 is 21.4 Å². The van der Waals surface area contributed by atoms with E-state index >= 15 is 0 Å². The van der Waals surface area contributed by atoms with E-state index in [1.165, 1.54) is 18.2 Å². The minimum Gasteiger partial charge on any atom is -0.497 e. The molecule has 1 amide bonds. The van der Waals surface area contributed by atoms with Gasteiger partial charge >= 0.3 is 0 Å². The summed E-state index contributed by atoms with van der Waals surface area (Å²) in [6.45, 7) is 2.06. The number of amides is 1. The maximum Gasteiger partial charge on any atom is 0.270 e. The Bertz CT molecular complexity index is 1080. The van der Waals surface area contributed by atoms with Gasteiger partial charge in [-0.15, -0.1) is 0 Å². The fourth-order valence-electron chi connectivity index (χ4n) is 3.75. The number of nitrogens with zero attached hydrogens (tertiary/aromatic N) is 2. The van der Waals surface area contributed by atoms with Crippen molar-refractivity contribution in [2.45, 2.75) is 25.8 Å². The first-order chi connectivity index (χ1) is 15.2. The van der Waals surface area contributed by atoms with Crippen LogP contribution in [-0.4, -0.2) is 62.0 Å². The van der Waals surface area contributed by atoms with E-state index in [2.05, 4.69) is 0 Å². The van der Waals surface area contributed by atoms with E-state index in [0.29, 0.717) is 42.0 Å². The molecule has 1 aliphatic heterocycles. The van der Waals surface area contributed by atoms with Gasteiger partial charge in [-0.05, 0) is 36.6 Å². The number of hydrogen-bond acceptors (Lipinski definition) is 7. The van der Waals surface area contributed by atoms with Crippen molar-refractivity contribution in [1.29, 1.82) is 0 Å². The Morgan fingerprint density at radius 1 is 1.22 bits per heavy atom. The van der Waals surface area contributed by atoms with Gasteiger partial charge in [-0.2, -0.15) is 0 Å². The van der Waals surface area contributed by atoms with Crippen LogP contribution >= 0.6 is 0 Å². The van der Waals surface area contributed by atoms with Crippen molar-refractivity contribution < 1.29 is 27.6 Å². The van der Waals surface area contributed by atoms with Crippen LogP contribution in [-0.2, 0) is 14.6 Å². The molecule has 1 fully saturated rings. The van der Waals surface area contributed by atoms with Crippen LogP contribution in [0.15, 0.2) is 42.5 Å². The number of non-ortho nitro benzene ring substituents is 1. The Morgan fingerprint density at radius 2 is 1.94 bits per heavy atom. The largest absolute Gasteiger partial charge is 0.497 e. The molecule has 3 rings (SSSR count). The van der Waals surface area contributed by atoms with Crippen LogP contribution in [0.4, 0.5) is 5.69 Å². The van der Waals surface area contributed by atoms with Crippen LogP contribution in [0, 0.1) is 10.1 Å². The van der Waals surface area contributed by atoms with Crippen LogP contribution in [0.1, 0.15) is 19.8 Å². The lowest BCUT2D eigenvalue weighted by Gasteiger charge is -2.28. The third-order valence-corrected chi connectivity index (χ3v) is 7.11. The van der Waals surface area contributed by atoms with E-state index in [9.17, 15) is 23.3 Å². The standard InChI is InChI=1S/C22H26N2O7S/c1-3-11-23(18-10-12-32(28,29)15-18)22(25)14-31-21-9-6-17(24(26)27)13-20(21)16-4-7-19(30-2)8-5-16/h4-9,13,18H,3,10-12,14-15H2,1-2H3. The molecular formula is C22H26N2O7S. The van der Waals surface area contributed by atoms with Gasteiger partial charge < -0.3 is 14.4 Å². The van der Waals surface area contributed by atoms with Crippen molar-refractivity contribution in [3.8, 4) is 22.6 Å². The molecule has 0 N–H and O–H groups in total. The lowest BCUT2D eigenvalue weighted by Crippen LogP contribution is -2.44. The lowest BCUT2D eigenvalue weighted by atomic mass is 10.0. The van der Waals surface area contributed by atoms with Gasteiger partial charge in [-0.25, -0.2) is 8.42 Å². The van der Waals surface area contributed by atoms with E-state index in [0.717, 1.165) is 0 Å². The minimum absolute atomic E-state index is 0.0344. The summed E-state index contributed by atoms with van der Waals surface area (Å²) in [4.78, 5) is 25.2. The van der Waals surface area contributed by atoms with Gasteiger partial charge in [0.25, 0.3) is 11.6 Å². The molecule has 1 unspecified atom stereocenters.